The molecule has 0 nitrogen and oxygen atoms in total. The van der Waals surface area contributed by atoms with Crippen LogP contribution in [0.3, 0.4) is 0 Å². The maximum atomic E-state index is 3.91. The Morgan fingerprint density at radius 3 is 1.80 bits per heavy atom. The van der Waals surface area contributed by atoms with Gasteiger partial charge in [-0.15, -0.1) is 7.92 Å². The van der Waals surface area contributed by atoms with Crippen LogP contribution < -0.4 is 0 Å². The maximum Gasteiger partial charge on any atom is -0.0326 e. The summed E-state index contributed by atoms with van der Waals surface area (Å²) < 4.78 is 0. The second-order valence-corrected chi connectivity index (χ2v) is 5.38. The third-order valence-electron chi connectivity index (χ3n) is 1.55. The van der Waals surface area contributed by atoms with Crippen molar-refractivity contribution in [2.24, 2.45) is 0 Å². The van der Waals surface area contributed by atoms with Gasteiger partial charge in [-0.1, -0.05) is 33.6 Å². The molecule has 61 valence electrons. The van der Waals surface area contributed by atoms with E-state index in [1.165, 1.54) is 31.3 Å². The van der Waals surface area contributed by atoms with Crippen LogP contribution in [0.2, 0.25) is 0 Å². The van der Waals surface area contributed by atoms with Crippen LogP contribution in [0, 0.1) is 6.92 Å². The van der Waals surface area contributed by atoms with Gasteiger partial charge in [-0.05, 0) is 24.9 Å². The van der Waals surface area contributed by atoms with Gasteiger partial charge in [0.1, 0.15) is 0 Å². The van der Waals surface area contributed by atoms with Crippen molar-refractivity contribution in [1.82, 2.24) is 0 Å². The van der Waals surface area contributed by atoms with Gasteiger partial charge in [0.15, 0.2) is 0 Å². The van der Waals surface area contributed by atoms with Crippen LogP contribution in [0.1, 0.15) is 33.1 Å². The molecule has 0 amide bonds. The molecule has 0 saturated heterocycles. The first-order chi connectivity index (χ1) is 4.85. The van der Waals surface area contributed by atoms with Crippen molar-refractivity contribution < 1.29 is 0 Å². The fourth-order valence-corrected chi connectivity index (χ4v) is 3.57. The molecule has 0 N–H and O–H groups in total. The van der Waals surface area contributed by atoms with Crippen LogP contribution in [0.4, 0.5) is 0 Å². The van der Waals surface area contributed by atoms with Crippen LogP contribution >= 0.6 is 7.92 Å². The Balaban J connectivity index is 3.30. The predicted molar refractivity (Wildman–Crippen MR) is 52.1 cm³/mol. The lowest BCUT2D eigenvalue weighted by Gasteiger charge is -2.13. The van der Waals surface area contributed by atoms with Gasteiger partial charge in [0.2, 0.25) is 0 Å². The van der Waals surface area contributed by atoms with E-state index in [4.69, 9.17) is 0 Å². The third kappa shape index (κ3) is 5.23. The molecule has 0 spiro atoms. The number of hydrogen-bond acceptors (Lipinski definition) is 0. The van der Waals surface area contributed by atoms with Crippen molar-refractivity contribution >= 4 is 7.92 Å². The second-order valence-electron chi connectivity index (χ2n) is 2.70. The standard InChI is InChI=1S/C9H20P/c1-4-7-10(8-5-2)9-6-3/h1,4-9H2,2-3H3. The topological polar surface area (TPSA) is 0 Å². The largest absolute Gasteiger partial charge is 0.107 e. The highest BCUT2D eigenvalue weighted by Gasteiger charge is 2.02. The third-order valence-corrected chi connectivity index (χ3v) is 4.66. The summed E-state index contributed by atoms with van der Waals surface area (Å²) >= 11 is 0. The molecule has 0 aliphatic carbocycles. The van der Waals surface area contributed by atoms with Crippen molar-refractivity contribution in [1.29, 1.82) is 0 Å². The van der Waals surface area contributed by atoms with E-state index in [1.54, 1.807) is 0 Å². The zero-order chi connectivity index (χ0) is 7.82. The molecule has 0 atom stereocenters. The van der Waals surface area contributed by atoms with Crippen LogP contribution in [-0.2, 0) is 0 Å². The Kier molecular flexibility index (Phi) is 7.86. The summed E-state index contributed by atoms with van der Waals surface area (Å²) in [4.78, 5) is 0. The van der Waals surface area contributed by atoms with E-state index in [1.807, 2.05) is 0 Å². The molecule has 0 aromatic rings. The van der Waals surface area contributed by atoms with Crippen LogP contribution in [-0.4, -0.2) is 18.5 Å². The number of rotatable bonds is 6. The first-order valence-electron chi connectivity index (χ1n) is 4.36. The smallest absolute Gasteiger partial charge is 0.0326 e. The average Bonchev–Trinajstić information content (AvgIpc) is 1.90. The fraction of sp³-hybridized carbons (Fsp3) is 0.889. The van der Waals surface area contributed by atoms with E-state index in [-0.39, 0.29) is 0 Å². The predicted octanol–water partition coefficient (Wildman–Crippen LogP) is 3.51. The van der Waals surface area contributed by atoms with Gasteiger partial charge < -0.3 is 0 Å². The quantitative estimate of drug-likeness (QED) is 0.520. The molecule has 10 heavy (non-hydrogen) atoms. The minimum atomic E-state index is 0.377. The minimum Gasteiger partial charge on any atom is -0.107 e. The van der Waals surface area contributed by atoms with Crippen molar-refractivity contribution in [3.63, 3.8) is 0 Å². The summed E-state index contributed by atoms with van der Waals surface area (Å²) in [7, 11) is 0.377. The van der Waals surface area contributed by atoms with E-state index in [2.05, 4.69) is 20.8 Å². The molecule has 0 heterocycles. The first kappa shape index (κ1) is 10.4. The normalized spacial score (nSPS) is 10.8. The van der Waals surface area contributed by atoms with Crippen molar-refractivity contribution in [2.75, 3.05) is 18.5 Å². The van der Waals surface area contributed by atoms with E-state index < -0.39 is 0 Å². The molecule has 0 saturated carbocycles. The van der Waals surface area contributed by atoms with Gasteiger partial charge in [-0.3, -0.25) is 0 Å². The Labute approximate surface area is 67.2 Å². The lowest BCUT2D eigenvalue weighted by molar-refractivity contribution is 1.04. The van der Waals surface area contributed by atoms with Crippen LogP contribution in [0.5, 0.6) is 0 Å². The highest BCUT2D eigenvalue weighted by molar-refractivity contribution is 7.57. The Morgan fingerprint density at radius 2 is 1.50 bits per heavy atom. The SMILES string of the molecule is [CH2]CCP(CCC)CCC. The van der Waals surface area contributed by atoms with E-state index >= 15 is 0 Å². The molecule has 0 aliphatic rings. The van der Waals surface area contributed by atoms with Gasteiger partial charge in [-0.2, -0.15) is 0 Å². The molecule has 0 aromatic carbocycles. The molecule has 0 bridgehead atoms. The average molecular weight is 159 g/mol. The summed E-state index contributed by atoms with van der Waals surface area (Å²) in [5.41, 5.74) is 0. The summed E-state index contributed by atoms with van der Waals surface area (Å²) in [5, 5.41) is 0. The minimum absolute atomic E-state index is 0.377. The van der Waals surface area contributed by atoms with Crippen LogP contribution in [0.15, 0.2) is 0 Å². The lowest BCUT2D eigenvalue weighted by atomic mass is 10.6. The summed E-state index contributed by atoms with van der Waals surface area (Å²) in [6.07, 6.45) is 8.22. The molecule has 0 unspecified atom stereocenters. The molecular weight excluding hydrogens is 139 g/mol. The molecule has 0 fully saturated rings. The van der Waals surface area contributed by atoms with E-state index in [9.17, 15) is 0 Å². The first-order valence-corrected chi connectivity index (χ1v) is 6.26. The zero-order valence-corrected chi connectivity index (χ0v) is 8.29. The molecule has 1 radical (unpaired) electrons. The monoisotopic (exact) mass is 159 g/mol. The summed E-state index contributed by atoms with van der Waals surface area (Å²) in [6, 6.07) is 0. The van der Waals surface area contributed by atoms with Crippen molar-refractivity contribution in [2.45, 2.75) is 33.1 Å². The van der Waals surface area contributed by atoms with Crippen LogP contribution in [0.25, 0.3) is 0 Å². The van der Waals surface area contributed by atoms with Gasteiger partial charge in [0.25, 0.3) is 0 Å². The zero-order valence-electron chi connectivity index (χ0n) is 7.40. The van der Waals surface area contributed by atoms with Gasteiger partial charge >= 0.3 is 0 Å². The van der Waals surface area contributed by atoms with E-state index in [0.717, 1.165) is 6.42 Å². The van der Waals surface area contributed by atoms with Gasteiger partial charge in [-0.25, -0.2) is 0 Å². The number of hydrogen-bond donors (Lipinski definition) is 0. The summed E-state index contributed by atoms with van der Waals surface area (Å²) in [6.45, 7) is 8.48. The molecule has 0 rings (SSSR count). The Hall–Kier alpha value is 0.430. The van der Waals surface area contributed by atoms with Crippen molar-refractivity contribution in [3.05, 3.63) is 6.92 Å². The van der Waals surface area contributed by atoms with E-state index in [0.29, 0.717) is 7.92 Å². The van der Waals surface area contributed by atoms with Crippen molar-refractivity contribution in [3.8, 4) is 0 Å². The fourth-order valence-electron chi connectivity index (χ4n) is 1.19. The molecule has 0 aliphatic heterocycles. The van der Waals surface area contributed by atoms with Gasteiger partial charge in [0.05, 0.1) is 0 Å². The second kappa shape index (κ2) is 7.54. The molecule has 1 heteroatoms. The Bertz CT molecular complexity index is 47.5. The van der Waals surface area contributed by atoms with Gasteiger partial charge in [0, 0.05) is 0 Å². The molecule has 0 aromatic heterocycles. The maximum absolute atomic E-state index is 3.91. The molecular formula is C9H20P. The highest BCUT2D eigenvalue weighted by atomic mass is 31.1. The summed E-state index contributed by atoms with van der Waals surface area (Å²) in [5.74, 6) is 0. The lowest BCUT2D eigenvalue weighted by Crippen LogP contribution is -1.92. The highest BCUT2D eigenvalue weighted by Crippen LogP contribution is 2.37. The Morgan fingerprint density at radius 1 is 1.00 bits per heavy atom.